The molecule has 2 nitrogen and oxygen atoms in total. The second-order valence-electron chi connectivity index (χ2n) is 6.73. The van der Waals surface area contributed by atoms with Gasteiger partial charge in [0.05, 0.1) is 5.60 Å². The molecule has 0 radical (unpaired) electrons. The van der Waals surface area contributed by atoms with Crippen molar-refractivity contribution in [1.82, 2.24) is 0 Å². The van der Waals surface area contributed by atoms with Gasteiger partial charge in [0, 0.05) is 12.2 Å². The fraction of sp³-hybridized carbons (Fsp3) is 0.947. The number of rotatable bonds is 16. The number of carbonyl (C=O) groups is 1. The van der Waals surface area contributed by atoms with Crippen molar-refractivity contribution in [2.24, 2.45) is 0 Å². The average Bonchev–Trinajstić information content (AvgIpc) is 2.57. The third kappa shape index (κ3) is 12.2. The molecule has 0 aromatic carbocycles. The van der Waals surface area contributed by atoms with Gasteiger partial charge in [-0.25, -0.2) is 0 Å². The molecule has 0 heterocycles. The molecule has 0 rings (SSSR count). The zero-order chi connectivity index (χ0) is 17.4. The molecule has 0 aromatic rings. The first-order valence-electron chi connectivity index (χ1n) is 9.84. The minimum Gasteiger partial charge on any atom is -0.422 e. The molecular weight excluding hydrogens is 320 g/mol. The lowest BCUT2D eigenvalue weighted by molar-refractivity contribution is -0.111. The Morgan fingerprint density at radius 1 is 0.870 bits per heavy atom. The molecule has 0 amide bonds. The van der Waals surface area contributed by atoms with Gasteiger partial charge in [0.1, 0.15) is 10.5 Å². The van der Waals surface area contributed by atoms with Crippen LogP contribution in [0.4, 0.5) is 0 Å². The van der Waals surface area contributed by atoms with Gasteiger partial charge in [0.2, 0.25) is 0 Å². The summed E-state index contributed by atoms with van der Waals surface area (Å²) in [6, 6.07) is 0. The van der Waals surface area contributed by atoms with Crippen molar-refractivity contribution in [3.8, 4) is 0 Å². The van der Waals surface area contributed by atoms with Crippen molar-refractivity contribution < 1.29 is 9.22 Å². The van der Waals surface area contributed by atoms with Crippen molar-refractivity contribution in [3.05, 3.63) is 0 Å². The van der Waals surface area contributed by atoms with Crippen LogP contribution in [0.3, 0.4) is 0 Å². The quantitative estimate of drug-likeness (QED) is 0.272. The second-order valence-corrected chi connectivity index (χ2v) is 8.29. The van der Waals surface area contributed by atoms with Crippen LogP contribution in [0.2, 0.25) is 0 Å². The summed E-state index contributed by atoms with van der Waals surface area (Å²) < 4.78 is 6.09. The van der Waals surface area contributed by atoms with E-state index in [1.807, 2.05) is 0 Å². The van der Waals surface area contributed by atoms with Gasteiger partial charge in [0.15, 0.2) is 5.12 Å². The molecule has 0 unspecified atom stereocenters. The van der Waals surface area contributed by atoms with Crippen LogP contribution in [0.1, 0.15) is 104 Å². The number of unbranched alkanes of at least 4 members (excludes halogenated alkanes) is 5. The van der Waals surface area contributed by atoms with E-state index < -0.39 is 0 Å². The fourth-order valence-corrected chi connectivity index (χ4v) is 4.45. The van der Waals surface area contributed by atoms with Gasteiger partial charge < -0.3 is 4.43 Å². The molecule has 0 aromatic heterocycles. The van der Waals surface area contributed by atoms with E-state index >= 15 is 0 Å². The van der Waals surface area contributed by atoms with Crippen molar-refractivity contribution in [1.29, 1.82) is 0 Å². The lowest BCUT2D eigenvalue weighted by Gasteiger charge is -2.33. The zero-order valence-corrected chi connectivity index (χ0v) is 18.9. The predicted octanol–water partition coefficient (Wildman–Crippen LogP) is 5.41. The summed E-state index contributed by atoms with van der Waals surface area (Å²) in [4.78, 5) is 11.9. The van der Waals surface area contributed by atoms with E-state index in [1.54, 1.807) is 11.8 Å². The van der Waals surface area contributed by atoms with Crippen molar-refractivity contribution >= 4 is 27.4 Å². The molecule has 4 heteroatoms. The van der Waals surface area contributed by atoms with Crippen LogP contribution in [-0.2, 0) is 9.22 Å². The van der Waals surface area contributed by atoms with E-state index in [-0.39, 0.29) is 5.60 Å². The lowest BCUT2D eigenvalue weighted by Crippen LogP contribution is -2.32. The minimum absolute atomic E-state index is 0.114. The van der Waals surface area contributed by atoms with E-state index in [9.17, 15) is 4.79 Å². The number of carbonyl (C=O) groups excluding carboxylic acids is 1. The first kappa shape index (κ1) is 23.2. The number of thioether (sulfide) groups is 1. The fourth-order valence-electron chi connectivity index (χ4n) is 3.03. The van der Waals surface area contributed by atoms with Crippen molar-refractivity contribution in [3.63, 3.8) is 0 Å². The molecule has 0 atom stereocenters. The maximum absolute atomic E-state index is 11.9. The highest BCUT2D eigenvalue weighted by molar-refractivity contribution is 8.13. The van der Waals surface area contributed by atoms with Crippen LogP contribution in [0.5, 0.6) is 0 Å². The van der Waals surface area contributed by atoms with Crippen LogP contribution in [-0.4, -0.2) is 27.0 Å². The molecule has 0 saturated heterocycles. The van der Waals surface area contributed by atoms with Gasteiger partial charge >= 0.3 is 0 Å². The summed E-state index contributed by atoms with van der Waals surface area (Å²) in [6.45, 7) is 6.72. The lowest BCUT2D eigenvalue weighted by atomic mass is 9.87. The Morgan fingerprint density at radius 2 is 1.43 bits per heavy atom. The van der Waals surface area contributed by atoms with Crippen LogP contribution in [0, 0.1) is 0 Å². The normalized spacial score (nSPS) is 12.0. The Balaban J connectivity index is 4.02. The van der Waals surface area contributed by atoms with Crippen LogP contribution in [0.25, 0.3) is 0 Å². The van der Waals surface area contributed by atoms with Gasteiger partial charge in [-0.1, -0.05) is 77.5 Å². The van der Waals surface area contributed by atoms with Crippen molar-refractivity contribution in [2.75, 3.05) is 5.75 Å². The monoisotopic (exact) mass is 360 g/mol. The van der Waals surface area contributed by atoms with Gasteiger partial charge in [-0.2, -0.15) is 0 Å². The molecule has 0 saturated carbocycles. The highest BCUT2D eigenvalue weighted by Gasteiger charge is 2.27. The van der Waals surface area contributed by atoms with Gasteiger partial charge in [-0.3, -0.25) is 4.79 Å². The SMILES string of the molecule is CCCCCCC(=O)SCCCC(CCCC)(CCCC)O[SiH3]. The Bertz CT molecular complexity index is 277. The van der Waals surface area contributed by atoms with E-state index in [0.29, 0.717) is 5.12 Å². The van der Waals surface area contributed by atoms with E-state index in [2.05, 4.69) is 20.8 Å². The van der Waals surface area contributed by atoms with Crippen LogP contribution >= 0.6 is 11.8 Å². The third-order valence-electron chi connectivity index (χ3n) is 4.68. The highest BCUT2D eigenvalue weighted by Crippen LogP contribution is 2.31. The first-order valence-corrected chi connectivity index (χ1v) is 11.6. The Morgan fingerprint density at radius 3 is 1.96 bits per heavy atom. The summed E-state index contributed by atoms with van der Waals surface area (Å²) >= 11 is 1.55. The molecule has 0 aliphatic carbocycles. The Kier molecular flexibility index (Phi) is 15.8. The molecule has 0 aliphatic rings. The molecule has 0 bridgehead atoms. The highest BCUT2D eigenvalue weighted by atomic mass is 32.2. The van der Waals surface area contributed by atoms with E-state index in [0.717, 1.165) is 41.9 Å². The van der Waals surface area contributed by atoms with Crippen LogP contribution < -0.4 is 0 Å². The molecule has 23 heavy (non-hydrogen) atoms. The summed E-state index contributed by atoms with van der Waals surface area (Å²) in [7, 11) is 0.823. The van der Waals surface area contributed by atoms with Gasteiger partial charge in [0.25, 0.3) is 0 Å². The summed E-state index contributed by atoms with van der Waals surface area (Å²) in [5.74, 6) is 0.970. The maximum atomic E-state index is 11.9. The standard InChI is InChI=1S/C19H40O2SSi/c1-4-7-10-11-13-18(20)22-17-12-16-19(21-23,14-8-5-2)15-9-6-3/h4-17H2,1-3,23H3. The number of hydrogen-bond acceptors (Lipinski definition) is 3. The minimum atomic E-state index is 0.114. The van der Waals surface area contributed by atoms with Gasteiger partial charge in [-0.05, 0) is 32.1 Å². The molecule has 138 valence electrons. The smallest absolute Gasteiger partial charge is 0.188 e. The maximum Gasteiger partial charge on any atom is 0.188 e. The topological polar surface area (TPSA) is 26.3 Å². The summed E-state index contributed by atoms with van der Waals surface area (Å²) in [5.41, 5.74) is 0.114. The zero-order valence-electron chi connectivity index (χ0n) is 16.1. The molecule has 0 aliphatic heterocycles. The summed E-state index contributed by atoms with van der Waals surface area (Å²) in [5, 5.41) is 0.389. The Hall–Kier alpha value is 0.197. The molecule has 0 spiro atoms. The van der Waals surface area contributed by atoms with Crippen molar-refractivity contribution in [2.45, 2.75) is 110 Å². The van der Waals surface area contributed by atoms with E-state index in [1.165, 1.54) is 57.8 Å². The number of hydrogen-bond donors (Lipinski definition) is 0. The Labute approximate surface area is 152 Å². The van der Waals surface area contributed by atoms with Gasteiger partial charge in [-0.15, -0.1) is 0 Å². The second kappa shape index (κ2) is 15.7. The van der Waals surface area contributed by atoms with Crippen LogP contribution in [0.15, 0.2) is 0 Å². The van der Waals surface area contributed by atoms with E-state index in [4.69, 9.17) is 4.43 Å². The first-order chi connectivity index (χ1) is 11.1. The summed E-state index contributed by atoms with van der Waals surface area (Å²) in [6.07, 6.45) is 15.2. The predicted molar refractivity (Wildman–Crippen MR) is 108 cm³/mol. The third-order valence-corrected chi connectivity index (χ3v) is 6.56. The molecule has 0 fully saturated rings. The largest absolute Gasteiger partial charge is 0.422 e. The molecule has 0 N–H and O–H groups in total. The average molecular weight is 361 g/mol. The molecular formula is C19H40O2SSi.